The van der Waals surface area contributed by atoms with Crippen molar-refractivity contribution in [2.75, 3.05) is 6.61 Å². The molecule has 0 aliphatic heterocycles. The number of fused-ring (bicyclic) bond motifs is 1. The van der Waals surface area contributed by atoms with E-state index in [-0.39, 0.29) is 17.7 Å². The summed E-state index contributed by atoms with van der Waals surface area (Å²) >= 11 is 0. The van der Waals surface area contributed by atoms with Crippen molar-refractivity contribution in [3.8, 4) is 17.2 Å². The van der Waals surface area contributed by atoms with Crippen LogP contribution in [0.1, 0.15) is 52.7 Å². The van der Waals surface area contributed by atoms with Crippen molar-refractivity contribution in [1.29, 1.82) is 5.26 Å². The summed E-state index contributed by atoms with van der Waals surface area (Å²) in [6.07, 6.45) is 3.83. The second-order valence-electron chi connectivity index (χ2n) is 7.08. The normalized spacial score (nSPS) is 13.3. The number of hydrogen-bond donors (Lipinski definition) is 0. The second kappa shape index (κ2) is 6.97. The monoisotopic (exact) mass is 372 g/mol. The van der Waals surface area contributed by atoms with Gasteiger partial charge >= 0.3 is 5.97 Å². The average Bonchev–Trinajstić information content (AvgIpc) is 3.54. The molecule has 1 aliphatic carbocycles. The predicted octanol–water partition coefficient (Wildman–Crippen LogP) is 4.20. The first-order valence-electron chi connectivity index (χ1n) is 9.41. The van der Waals surface area contributed by atoms with Crippen LogP contribution in [0.2, 0.25) is 0 Å². The molecule has 0 amide bonds. The van der Waals surface area contributed by atoms with E-state index in [0.29, 0.717) is 11.5 Å². The number of ether oxygens (including phenoxy) is 1. The highest BCUT2D eigenvalue weighted by atomic mass is 16.5. The van der Waals surface area contributed by atoms with Crippen LogP contribution in [0.4, 0.5) is 0 Å². The maximum absolute atomic E-state index is 12.9. The number of hydrogen-bond acceptors (Lipinski definition) is 4. The number of rotatable bonds is 4. The van der Waals surface area contributed by atoms with Crippen molar-refractivity contribution in [3.05, 3.63) is 75.2 Å². The molecule has 0 unspecified atom stereocenters. The first-order chi connectivity index (χ1) is 13.5. The number of carbonyl (C=O) groups excluding carboxylic acids is 1. The molecule has 2 aromatic heterocycles. The Morgan fingerprint density at radius 1 is 1.25 bits per heavy atom. The second-order valence-corrected chi connectivity index (χ2v) is 7.08. The largest absolute Gasteiger partial charge is 0.462 e. The Labute approximate surface area is 162 Å². The summed E-state index contributed by atoms with van der Waals surface area (Å²) in [6.45, 7) is 3.96. The SMILES string of the molecule is CCOC(=O)c1cc(C2CC2)c2c(C)c(-c3ccc(C#N)cc3)ccn2c1=O. The average molecular weight is 372 g/mol. The van der Waals surface area contributed by atoms with Crippen molar-refractivity contribution >= 4 is 11.5 Å². The molecule has 1 fully saturated rings. The van der Waals surface area contributed by atoms with Crippen LogP contribution in [0.5, 0.6) is 0 Å². The van der Waals surface area contributed by atoms with Gasteiger partial charge in [0.1, 0.15) is 5.56 Å². The Balaban J connectivity index is 1.96. The van der Waals surface area contributed by atoms with Gasteiger partial charge in [-0.25, -0.2) is 4.79 Å². The van der Waals surface area contributed by atoms with Crippen LogP contribution in [0.3, 0.4) is 0 Å². The van der Waals surface area contributed by atoms with Gasteiger partial charge in [-0.3, -0.25) is 9.20 Å². The van der Waals surface area contributed by atoms with E-state index in [1.165, 1.54) is 0 Å². The summed E-state index contributed by atoms with van der Waals surface area (Å²) in [6, 6.07) is 13.1. The fourth-order valence-corrected chi connectivity index (χ4v) is 3.69. The Kier molecular flexibility index (Phi) is 4.48. The standard InChI is InChI=1S/C23H20N2O3/c1-3-28-23(27)20-12-19(17-8-9-17)21-14(2)18(10-11-25(21)22(20)26)16-6-4-15(13-24)5-7-16/h4-7,10-12,17H,3,8-9H2,1-2H3. The third kappa shape index (κ3) is 2.97. The molecule has 28 heavy (non-hydrogen) atoms. The summed E-state index contributed by atoms with van der Waals surface area (Å²) in [5.74, 6) is -0.212. The van der Waals surface area contributed by atoms with Gasteiger partial charge in [0.15, 0.2) is 0 Å². The molecule has 0 spiro atoms. The minimum Gasteiger partial charge on any atom is -0.462 e. The van der Waals surface area contributed by atoms with Crippen LogP contribution in [0.25, 0.3) is 16.6 Å². The maximum atomic E-state index is 12.9. The summed E-state index contributed by atoms with van der Waals surface area (Å²) in [5, 5.41) is 9.01. The van der Waals surface area contributed by atoms with Crippen LogP contribution in [-0.2, 0) is 4.74 Å². The summed E-state index contributed by atoms with van der Waals surface area (Å²) < 4.78 is 6.65. The predicted molar refractivity (Wildman–Crippen MR) is 106 cm³/mol. The smallest absolute Gasteiger partial charge is 0.343 e. The van der Waals surface area contributed by atoms with Gasteiger partial charge in [-0.05, 0) is 79.1 Å². The Hall–Kier alpha value is -3.39. The molecule has 2 heterocycles. The fraction of sp³-hybridized carbons (Fsp3) is 0.261. The molecule has 0 N–H and O–H groups in total. The van der Waals surface area contributed by atoms with Crippen LogP contribution in [0, 0.1) is 18.3 Å². The van der Waals surface area contributed by atoms with E-state index < -0.39 is 5.97 Å². The summed E-state index contributed by atoms with van der Waals surface area (Å²) in [5.41, 5.74) is 5.22. The molecule has 140 valence electrons. The summed E-state index contributed by atoms with van der Waals surface area (Å²) in [4.78, 5) is 25.2. The Bertz CT molecular complexity index is 1180. The topological polar surface area (TPSA) is 71.6 Å². The molecule has 0 bridgehead atoms. The Morgan fingerprint density at radius 3 is 2.57 bits per heavy atom. The van der Waals surface area contributed by atoms with Gasteiger partial charge in [-0.2, -0.15) is 5.26 Å². The molecule has 0 saturated heterocycles. The van der Waals surface area contributed by atoms with Gasteiger partial charge < -0.3 is 4.74 Å². The van der Waals surface area contributed by atoms with Crippen molar-refractivity contribution in [3.63, 3.8) is 0 Å². The third-order valence-electron chi connectivity index (χ3n) is 5.25. The molecule has 1 saturated carbocycles. The number of pyridine rings is 2. The van der Waals surface area contributed by atoms with Crippen LogP contribution in [-0.4, -0.2) is 17.0 Å². The van der Waals surface area contributed by atoms with Crippen LogP contribution < -0.4 is 5.56 Å². The molecule has 3 aromatic rings. The van der Waals surface area contributed by atoms with Crippen molar-refractivity contribution in [2.45, 2.75) is 32.6 Å². The quantitative estimate of drug-likeness (QED) is 0.644. The molecule has 0 atom stereocenters. The number of carbonyl (C=O) groups is 1. The van der Waals surface area contributed by atoms with E-state index in [9.17, 15) is 9.59 Å². The zero-order valence-corrected chi connectivity index (χ0v) is 15.9. The van der Waals surface area contributed by atoms with Crippen molar-refractivity contribution < 1.29 is 9.53 Å². The van der Waals surface area contributed by atoms with E-state index in [1.54, 1.807) is 35.7 Å². The highest BCUT2D eigenvalue weighted by Crippen LogP contribution is 2.43. The van der Waals surface area contributed by atoms with E-state index >= 15 is 0 Å². The molecule has 1 aliphatic rings. The molecule has 1 aromatic carbocycles. The first kappa shape index (κ1) is 18.0. The lowest BCUT2D eigenvalue weighted by Crippen LogP contribution is -2.25. The van der Waals surface area contributed by atoms with Gasteiger partial charge in [-0.15, -0.1) is 0 Å². The van der Waals surface area contributed by atoms with Gasteiger partial charge in [0.25, 0.3) is 5.56 Å². The molecular weight excluding hydrogens is 352 g/mol. The van der Waals surface area contributed by atoms with E-state index in [1.807, 2.05) is 25.1 Å². The van der Waals surface area contributed by atoms with Crippen LogP contribution in [0.15, 0.2) is 47.4 Å². The van der Waals surface area contributed by atoms with Crippen molar-refractivity contribution in [1.82, 2.24) is 4.40 Å². The van der Waals surface area contributed by atoms with Gasteiger partial charge in [-0.1, -0.05) is 12.1 Å². The molecular formula is C23H20N2O3. The zero-order valence-electron chi connectivity index (χ0n) is 15.9. The highest BCUT2D eigenvalue weighted by Gasteiger charge is 2.29. The van der Waals surface area contributed by atoms with Crippen LogP contribution >= 0.6 is 0 Å². The lowest BCUT2D eigenvalue weighted by Gasteiger charge is -2.16. The van der Waals surface area contributed by atoms with E-state index in [4.69, 9.17) is 10.00 Å². The minimum atomic E-state index is -0.572. The zero-order chi connectivity index (χ0) is 19.8. The third-order valence-corrected chi connectivity index (χ3v) is 5.25. The highest BCUT2D eigenvalue weighted by molar-refractivity contribution is 5.91. The van der Waals surface area contributed by atoms with E-state index in [0.717, 1.165) is 40.6 Å². The molecule has 4 rings (SSSR count). The molecule has 5 nitrogen and oxygen atoms in total. The van der Waals surface area contributed by atoms with Crippen molar-refractivity contribution in [2.24, 2.45) is 0 Å². The van der Waals surface area contributed by atoms with Gasteiger partial charge in [0.2, 0.25) is 0 Å². The molecule has 0 radical (unpaired) electrons. The number of nitrogens with zero attached hydrogens (tertiary/aromatic N) is 2. The fourth-order valence-electron chi connectivity index (χ4n) is 3.69. The van der Waals surface area contributed by atoms with Gasteiger partial charge in [0, 0.05) is 6.20 Å². The first-order valence-corrected chi connectivity index (χ1v) is 9.41. The maximum Gasteiger partial charge on any atom is 0.343 e. The summed E-state index contributed by atoms with van der Waals surface area (Å²) in [7, 11) is 0. The number of benzene rings is 1. The number of aromatic nitrogens is 1. The van der Waals surface area contributed by atoms with E-state index in [2.05, 4.69) is 6.07 Å². The number of nitriles is 1. The minimum absolute atomic E-state index is 0.0896. The lowest BCUT2D eigenvalue weighted by molar-refractivity contribution is 0.0524. The molecule has 5 heteroatoms. The lowest BCUT2D eigenvalue weighted by atomic mass is 9.96. The Morgan fingerprint density at radius 2 is 1.96 bits per heavy atom. The number of aryl methyl sites for hydroxylation is 1. The number of esters is 1. The van der Waals surface area contributed by atoms with Gasteiger partial charge in [0.05, 0.1) is 23.8 Å².